The maximum Gasteiger partial charge on any atom is 0.0667 e. The minimum absolute atomic E-state index is 0.167. The largest absolute Gasteiger partial charge is 0.392 e. The minimum atomic E-state index is -0.167. The molecule has 3 atom stereocenters. The van der Waals surface area contributed by atoms with E-state index in [0.29, 0.717) is 6.04 Å². The Bertz CT molecular complexity index is 237. The summed E-state index contributed by atoms with van der Waals surface area (Å²) < 4.78 is 0. The fourth-order valence-electron chi connectivity index (χ4n) is 3.14. The first kappa shape index (κ1) is 12.1. The molecule has 0 bridgehead atoms. The first-order chi connectivity index (χ1) is 7.77. The highest BCUT2D eigenvalue weighted by Crippen LogP contribution is 2.25. The zero-order valence-corrected chi connectivity index (χ0v) is 10.4. The van der Waals surface area contributed by atoms with Crippen LogP contribution in [0.2, 0.25) is 0 Å². The third-order valence-corrected chi connectivity index (χ3v) is 4.09. The third-order valence-electron chi connectivity index (χ3n) is 4.09. The molecule has 2 rings (SSSR count). The van der Waals surface area contributed by atoms with Gasteiger partial charge < -0.3 is 5.11 Å². The van der Waals surface area contributed by atoms with E-state index >= 15 is 0 Å². The molecule has 92 valence electrons. The van der Waals surface area contributed by atoms with Gasteiger partial charge in [0.2, 0.25) is 0 Å². The Balaban J connectivity index is 1.87. The number of aliphatic hydroxyl groups is 1. The molecule has 0 saturated carbocycles. The number of hydrogen-bond donors (Lipinski definition) is 1. The van der Waals surface area contributed by atoms with E-state index in [4.69, 9.17) is 0 Å². The van der Waals surface area contributed by atoms with Crippen molar-refractivity contribution in [3.8, 4) is 0 Å². The fraction of sp³-hybridized carbons (Fsp3) is 0.857. The van der Waals surface area contributed by atoms with E-state index < -0.39 is 0 Å². The second kappa shape index (κ2) is 5.83. The summed E-state index contributed by atoms with van der Waals surface area (Å²) in [6, 6.07) is 0.416. The molecule has 1 aliphatic carbocycles. The molecule has 1 fully saturated rings. The number of aliphatic hydroxyl groups excluding tert-OH is 1. The van der Waals surface area contributed by atoms with E-state index in [2.05, 4.69) is 17.1 Å². The van der Waals surface area contributed by atoms with Crippen LogP contribution >= 0.6 is 0 Å². The zero-order valence-electron chi connectivity index (χ0n) is 10.4. The monoisotopic (exact) mass is 223 g/mol. The second-order valence-corrected chi connectivity index (χ2v) is 5.45. The highest BCUT2D eigenvalue weighted by Gasteiger charge is 2.27. The number of allylic oxidation sites excluding steroid dienone is 2. The standard InChI is InChI=1S/C14H25NO/c1-12(16)14-9-5-6-10-15(14)11-13-7-3-2-4-8-13/h2-3,12-14,16H,4-11H2,1H3. The summed E-state index contributed by atoms with van der Waals surface area (Å²) >= 11 is 0. The van der Waals surface area contributed by atoms with Gasteiger partial charge in [0.1, 0.15) is 0 Å². The molecule has 2 heteroatoms. The van der Waals surface area contributed by atoms with Crippen molar-refractivity contribution in [1.29, 1.82) is 0 Å². The smallest absolute Gasteiger partial charge is 0.0667 e. The van der Waals surface area contributed by atoms with Gasteiger partial charge in [0.05, 0.1) is 6.10 Å². The number of piperidine rings is 1. The number of rotatable bonds is 3. The summed E-state index contributed by atoms with van der Waals surface area (Å²) in [5, 5.41) is 9.82. The quantitative estimate of drug-likeness (QED) is 0.743. The van der Waals surface area contributed by atoms with Gasteiger partial charge in [-0.05, 0) is 51.5 Å². The van der Waals surface area contributed by atoms with Crippen LogP contribution in [0.1, 0.15) is 45.4 Å². The molecular formula is C14H25NO. The third kappa shape index (κ3) is 3.08. The molecule has 0 aromatic rings. The van der Waals surface area contributed by atoms with Crippen molar-refractivity contribution in [2.45, 2.75) is 57.6 Å². The van der Waals surface area contributed by atoms with Gasteiger partial charge in [0.15, 0.2) is 0 Å². The van der Waals surface area contributed by atoms with Crippen molar-refractivity contribution in [1.82, 2.24) is 4.90 Å². The normalized spacial score (nSPS) is 33.9. The van der Waals surface area contributed by atoms with E-state index in [9.17, 15) is 5.11 Å². The SMILES string of the molecule is CC(O)C1CCCCN1CC1CC=CCC1. The minimum Gasteiger partial charge on any atom is -0.392 e. The van der Waals surface area contributed by atoms with Crippen LogP contribution in [-0.2, 0) is 0 Å². The van der Waals surface area contributed by atoms with Crippen LogP contribution in [0.15, 0.2) is 12.2 Å². The average Bonchev–Trinajstić information content (AvgIpc) is 2.31. The Morgan fingerprint density at radius 2 is 2.19 bits per heavy atom. The van der Waals surface area contributed by atoms with Gasteiger partial charge in [-0.15, -0.1) is 0 Å². The summed E-state index contributed by atoms with van der Waals surface area (Å²) in [7, 11) is 0. The predicted molar refractivity (Wildman–Crippen MR) is 67.4 cm³/mol. The van der Waals surface area contributed by atoms with E-state index in [1.165, 1.54) is 51.6 Å². The molecular weight excluding hydrogens is 198 g/mol. The molecule has 0 aromatic carbocycles. The molecule has 1 saturated heterocycles. The molecule has 1 aliphatic heterocycles. The lowest BCUT2D eigenvalue weighted by Crippen LogP contribution is -2.47. The predicted octanol–water partition coefficient (Wildman–Crippen LogP) is 2.58. The molecule has 0 radical (unpaired) electrons. The van der Waals surface area contributed by atoms with Gasteiger partial charge in [-0.25, -0.2) is 0 Å². The molecule has 16 heavy (non-hydrogen) atoms. The van der Waals surface area contributed by atoms with Crippen molar-refractivity contribution in [3.05, 3.63) is 12.2 Å². The molecule has 0 spiro atoms. The van der Waals surface area contributed by atoms with E-state index in [-0.39, 0.29) is 6.10 Å². The van der Waals surface area contributed by atoms with Crippen molar-refractivity contribution in [3.63, 3.8) is 0 Å². The molecule has 1 heterocycles. The Labute approximate surface area is 99.3 Å². The van der Waals surface area contributed by atoms with Crippen LogP contribution in [0, 0.1) is 5.92 Å². The van der Waals surface area contributed by atoms with Crippen LogP contribution < -0.4 is 0 Å². The molecule has 3 unspecified atom stereocenters. The van der Waals surface area contributed by atoms with E-state index in [1.54, 1.807) is 0 Å². The van der Waals surface area contributed by atoms with Gasteiger partial charge in [-0.3, -0.25) is 4.90 Å². The molecule has 0 amide bonds. The van der Waals surface area contributed by atoms with Gasteiger partial charge in [-0.2, -0.15) is 0 Å². The number of likely N-dealkylation sites (tertiary alicyclic amines) is 1. The summed E-state index contributed by atoms with van der Waals surface area (Å²) in [6.07, 6.45) is 12.1. The average molecular weight is 223 g/mol. The van der Waals surface area contributed by atoms with E-state index in [1.807, 2.05) is 6.92 Å². The molecule has 0 aromatic heterocycles. The van der Waals surface area contributed by atoms with Crippen molar-refractivity contribution in [2.24, 2.45) is 5.92 Å². The van der Waals surface area contributed by atoms with Gasteiger partial charge in [0, 0.05) is 12.6 Å². The molecule has 1 N–H and O–H groups in total. The Kier molecular flexibility index (Phi) is 4.42. The van der Waals surface area contributed by atoms with Crippen LogP contribution in [0.5, 0.6) is 0 Å². The first-order valence-corrected chi connectivity index (χ1v) is 6.84. The topological polar surface area (TPSA) is 23.5 Å². The Morgan fingerprint density at radius 3 is 2.88 bits per heavy atom. The summed E-state index contributed by atoms with van der Waals surface area (Å²) in [6.45, 7) is 4.33. The summed E-state index contributed by atoms with van der Waals surface area (Å²) in [4.78, 5) is 2.54. The maximum absolute atomic E-state index is 9.82. The van der Waals surface area contributed by atoms with Crippen LogP contribution in [-0.4, -0.2) is 35.2 Å². The van der Waals surface area contributed by atoms with Crippen LogP contribution in [0.3, 0.4) is 0 Å². The molecule has 2 nitrogen and oxygen atoms in total. The van der Waals surface area contributed by atoms with E-state index in [0.717, 1.165) is 5.92 Å². The van der Waals surface area contributed by atoms with Crippen molar-refractivity contribution >= 4 is 0 Å². The highest BCUT2D eigenvalue weighted by atomic mass is 16.3. The van der Waals surface area contributed by atoms with Crippen LogP contribution in [0.25, 0.3) is 0 Å². The first-order valence-electron chi connectivity index (χ1n) is 6.84. The highest BCUT2D eigenvalue weighted by molar-refractivity contribution is 4.92. The molecule has 2 aliphatic rings. The maximum atomic E-state index is 9.82. The summed E-state index contributed by atoms with van der Waals surface area (Å²) in [5.74, 6) is 0.823. The van der Waals surface area contributed by atoms with Crippen molar-refractivity contribution < 1.29 is 5.11 Å². The zero-order chi connectivity index (χ0) is 11.4. The lowest BCUT2D eigenvalue weighted by Gasteiger charge is -2.39. The van der Waals surface area contributed by atoms with Gasteiger partial charge in [0.25, 0.3) is 0 Å². The van der Waals surface area contributed by atoms with Crippen molar-refractivity contribution in [2.75, 3.05) is 13.1 Å². The van der Waals surface area contributed by atoms with Gasteiger partial charge >= 0.3 is 0 Å². The Hall–Kier alpha value is -0.340. The number of nitrogens with zero attached hydrogens (tertiary/aromatic N) is 1. The lowest BCUT2D eigenvalue weighted by molar-refractivity contribution is 0.0264. The van der Waals surface area contributed by atoms with Crippen LogP contribution in [0.4, 0.5) is 0 Å². The Morgan fingerprint density at radius 1 is 1.31 bits per heavy atom. The fourth-order valence-corrected chi connectivity index (χ4v) is 3.14. The lowest BCUT2D eigenvalue weighted by atomic mass is 9.91. The summed E-state index contributed by atoms with van der Waals surface area (Å²) in [5.41, 5.74) is 0. The number of hydrogen-bond acceptors (Lipinski definition) is 2. The van der Waals surface area contributed by atoms with Gasteiger partial charge in [-0.1, -0.05) is 18.6 Å². The second-order valence-electron chi connectivity index (χ2n) is 5.45.